The predicted molar refractivity (Wildman–Crippen MR) is 311 cm³/mol. The molecule has 73 heavy (non-hydrogen) atoms. The molecule has 0 aliphatic carbocycles. The highest BCUT2D eigenvalue weighted by molar-refractivity contribution is 7.45. The van der Waals surface area contributed by atoms with Crippen LogP contribution < -0.4 is 10.2 Å². The molecule has 10 heteroatoms. The van der Waals surface area contributed by atoms with E-state index in [0.29, 0.717) is 23.9 Å². The summed E-state index contributed by atoms with van der Waals surface area (Å²) in [6, 6.07) is -0.926. The van der Waals surface area contributed by atoms with Crippen LogP contribution in [0.4, 0.5) is 0 Å². The summed E-state index contributed by atoms with van der Waals surface area (Å²) in [6.45, 7) is 6.53. The molecule has 3 unspecified atom stereocenters. The van der Waals surface area contributed by atoms with Gasteiger partial charge in [-0.05, 0) is 115 Å². The second-order valence-corrected chi connectivity index (χ2v) is 21.4. The number of phosphoric ester groups is 1. The monoisotopic (exact) mass is 1030 g/mol. The molecule has 0 saturated heterocycles. The summed E-state index contributed by atoms with van der Waals surface area (Å²) < 4.78 is 30.2. The lowest BCUT2D eigenvalue weighted by Crippen LogP contribution is -2.47. The molecule has 0 heterocycles. The number of likely N-dealkylation sites (N-methyl/N-ethyl adjacent to an activating group) is 1. The van der Waals surface area contributed by atoms with Crippen molar-refractivity contribution in [3.8, 4) is 0 Å². The molecular weight excluding hydrogens is 928 g/mol. The third-order valence-corrected chi connectivity index (χ3v) is 12.9. The van der Waals surface area contributed by atoms with Crippen molar-refractivity contribution in [3.63, 3.8) is 0 Å². The van der Waals surface area contributed by atoms with E-state index in [1.54, 1.807) is 6.08 Å². The number of carbonyl (C=O) groups excluding carboxylic acids is 2. The highest BCUT2D eigenvalue weighted by Crippen LogP contribution is 2.38. The molecule has 0 spiro atoms. The minimum absolute atomic E-state index is 0.0412. The van der Waals surface area contributed by atoms with Crippen LogP contribution in [0.1, 0.15) is 213 Å². The lowest BCUT2D eigenvalue weighted by molar-refractivity contribution is -0.870. The number of esters is 1. The van der Waals surface area contributed by atoms with Gasteiger partial charge in [0.05, 0.1) is 33.8 Å². The molecule has 0 rings (SSSR count). The third-order valence-electron chi connectivity index (χ3n) is 11.9. The van der Waals surface area contributed by atoms with E-state index in [4.69, 9.17) is 13.8 Å². The largest absolute Gasteiger partial charge is 0.756 e. The number of hydrogen-bond donors (Lipinski definition) is 1. The number of unbranched alkanes of at least 4 members (excludes halogenated alkanes) is 16. The molecule has 1 amide bonds. The van der Waals surface area contributed by atoms with Crippen molar-refractivity contribution in [1.29, 1.82) is 0 Å². The smallest absolute Gasteiger partial charge is 0.306 e. The van der Waals surface area contributed by atoms with E-state index in [1.807, 2.05) is 27.2 Å². The summed E-state index contributed by atoms with van der Waals surface area (Å²) in [7, 11) is 1.12. The lowest BCUT2D eigenvalue weighted by atomic mass is 10.1. The van der Waals surface area contributed by atoms with Crippen LogP contribution >= 0.6 is 7.82 Å². The van der Waals surface area contributed by atoms with Crippen molar-refractivity contribution in [2.24, 2.45) is 0 Å². The maximum absolute atomic E-state index is 13.5. The topological polar surface area (TPSA) is 114 Å². The maximum Gasteiger partial charge on any atom is 0.306 e. The molecule has 0 aliphatic rings. The van der Waals surface area contributed by atoms with E-state index in [1.165, 1.54) is 51.4 Å². The molecule has 0 aromatic rings. The quantitative estimate of drug-likeness (QED) is 0.0212. The molecule has 0 aromatic heterocycles. The van der Waals surface area contributed by atoms with Gasteiger partial charge in [0.2, 0.25) is 5.91 Å². The minimum atomic E-state index is -4.72. The van der Waals surface area contributed by atoms with E-state index in [9.17, 15) is 19.0 Å². The zero-order valence-corrected chi connectivity index (χ0v) is 48.2. The van der Waals surface area contributed by atoms with Crippen LogP contribution in [0, 0.1) is 0 Å². The zero-order chi connectivity index (χ0) is 53.6. The van der Waals surface area contributed by atoms with Gasteiger partial charge < -0.3 is 28.5 Å². The summed E-state index contributed by atoms with van der Waals surface area (Å²) in [5, 5.41) is 2.99. The number of rotatable bonds is 50. The van der Waals surface area contributed by atoms with E-state index in [2.05, 4.69) is 135 Å². The Morgan fingerprint density at radius 2 is 0.877 bits per heavy atom. The first-order valence-corrected chi connectivity index (χ1v) is 30.3. The second-order valence-electron chi connectivity index (χ2n) is 20.0. The lowest BCUT2D eigenvalue weighted by Gasteiger charge is -2.30. The van der Waals surface area contributed by atoms with Gasteiger partial charge in [0.1, 0.15) is 19.3 Å². The van der Waals surface area contributed by atoms with Crippen molar-refractivity contribution in [1.82, 2.24) is 5.32 Å². The van der Waals surface area contributed by atoms with Crippen LogP contribution in [0.15, 0.2) is 122 Å². The number of quaternary nitrogens is 1. The summed E-state index contributed by atoms with van der Waals surface area (Å²) in [5.41, 5.74) is 0. The third kappa shape index (κ3) is 53.1. The standard InChI is InChI=1S/C63H107N2O7P/c1-7-10-13-16-19-22-25-28-30-32-33-34-36-38-41-44-47-50-53-56-63(67)72-61(54-51-48-45-42-39-27-24-21-18-15-12-9-3)60(59-71-73(68,69)70-58-57-65(4,5)6)64-62(66)55-52-49-46-43-40-37-35-31-29-26-23-20-17-14-11-8-2/h10-11,13-14,19-20,22-23,28-31,33-34,37-38,40-41,51,54,60-61H,7-9,12,15-18,21,24-27,32,35-36,39,42-50,52-53,55-59H2,1-6H3,(H-,64,66,68,69)/b13-10-,14-11+,22-19-,23-20+,30-28-,31-29+,34-33-,40-37+,41-38-,54-51+. The number of carbonyl (C=O) groups is 2. The highest BCUT2D eigenvalue weighted by atomic mass is 31.2. The van der Waals surface area contributed by atoms with Crippen LogP contribution in [0.5, 0.6) is 0 Å². The van der Waals surface area contributed by atoms with Gasteiger partial charge in [-0.2, -0.15) is 0 Å². The predicted octanol–water partition coefficient (Wildman–Crippen LogP) is 16.9. The molecule has 0 bridgehead atoms. The van der Waals surface area contributed by atoms with Crippen molar-refractivity contribution < 1.29 is 37.3 Å². The number of allylic oxidation sites excluding steroid dienone is 19. The van der Waals surface area contributed by atoms with Gasteiger partial charge in [-0.25, -0.2) is 0 Å². The number of phosphoric acid groups is 1. The summed E-state index contributed by atoms with van der Waals surface area (Å²) in [4.78, 5) is 39.9. The Morgan fingerprint density at radius 3 is 1.32 bits per heavy atom. The van der Waals surface area contributed by atoms with E-state index in [0.717, 1.165) is 116 Å². The first kappa shape index (κ1) is 69.4. The normalized spacial score (nSPS) is 14.7. The first-order valence-electron chi connectivity index (χ1n) is 28.8. The van der Waals surface area contributed by atoms with Crippen LogP contribution in [-0.4, -0.2) is 69.4 Å². The van der Waals surface area contributed by atoms with E-state index < -0.39 is 26.6 Å². The van der Waals surface area contributed by atoms with Gasteiger partial charge in [-0.15, -0.1) is 0 Å². The second kappa shape index (κ2) is 51.9. The maximum atomic E-state index is 13.5. The molecule has 3 atom stereocenters. The Bertz CT molecular complexity index is 1660. The van der Waals surface area contributed by atoms with Gasteiger partial charge in [-0.3, -0.25) is 14.2 Å². The Morgan fingerprint density at radius 1 is 0.493 bits per heavy atom. The van der Waals surface area contributed by atoms with E-state index >= 15 is 0 Å². The average molecular weight is 1040 g/mol. The average Bonchev–Trinajstić information content (AvgIpc) is 3.35. The molecule has 1 N–H and O–H groups in total. The van der Waals surface area contributed by atoms with Crippen molar-refractivity contribution in [2.75, 3.05) is 40.9 Å². The molecule has 0 saturated carbocycles. The van der Waals surface area contributed by atoms with Gasteiger partial charge in [0, 0.05) is 12.8 Å². The van der Waals surface area contributed by atoms with Gasteiger partial charge in [0.25, 0.3) is 7.82 Å². The van der Waals surface area contributed by atoms with Gasteiger partial charge >= 0.3 is 5.97 Å². The van der Waals surface area contributed by atoms with Gasteiger partial charge in [-0.1, -0.05) is 207 Å². The number of hydrogen-bond acceptors (Lipinski definition) is 7. The molecule has 9 nitrogen and oxygen atoms in total. The molecule has 416 valence electrons. The van der Waals surface area contributed by atoms with Crippen molar-refractivity contribution in [3.05, 3.63) is 122 Å². The Labute approximate surface area is 448 Å². The Balaban J connectivity index is 5.47. The van der Waals surface area contributed by atoms with Crippen LogP contribution in [0.3, 0.4) is 0 Å². The van der Waals surface area contributed by atoms with E-state index in [-0.39, 0.29) is 31.3 Å². The number of nitrogens with one attached hydrogen (secondary N) is 1. The fourth-order valence-corrected chi connectivity index (χ4v) is 8.20. The van der Waals surface area contributed by atoms with Gasteiger partial charge in [0.15, 0.2) is 0 Å². The van der Waals surface area contributed by atoms with Crippen LogP contribution in [-0.2, 0) is 27.9 Å². The Hall–Kier alpha value is -3.59. The highest BCUT2D eigenvalue weighted by Gasteiger charge is 2.27. The molecule has 0 radical (unpaired) electrons. The molecular formula is C63H107N2O7P. The SMILES string of the molecule is CC/C=C\C/C=C\C/C=C\C/C=C\C/C=C\CCCCCC(=O)OC(/C=C/CCCCCCCCCCCC)C(COP(=O)([O-])OCC[N+](C)(C)C)NC(=O)CCCCC/C=C/C/C=C/C/C=C/C/C=C/CC. The number of amides is 1. The fourth-order valence-electron chi connectivity index (χ4n) is 7.48. The van der Waals surface area contributed by atoms with Crippen molar-refractivity contribution >= 4 is 19.7 Å². The summed E-state index contributed by atoms with van der Waals surface area (Å²) >= 11 is 0. The van der Waals surface area contributed by atoms with Crippen molar-refractivity contribution in [2.45, 2.75) is 226 Å². The summed E-state index contributed by atoms with van der Waals surface area (Å²) in [5.74, 6) is -0.626. The Kier molecular flexibility index (Phi) is 49.3. The van der Waals surface area contributed by atoms with Crippen LogP contribution in [0.2, 0.25) is 0 Å². The fraction of sp³-hybridized carbons (Fsp3) is 0.651. The molecule has 0 aromatic carbocycles. The van der Waals surface area contributed by atoms with Crippen LogP contribution in [0.25, 0.3) is 0 Å². The molecule has 0 aliphatic heterocycles. The summed E-state index contributed by atoms with van der Waals surface area (Å²) in [6.07, 6.45) is 71.7. The number of ether oxygens (including phenoxy) is 1. The first-order chi connectivity index (χ1) is 35.4. The minimum Gasteiger partial charge on any atom is -0.756 e. The number of nitrogens with zero attached hydrogens (tertiary/aromatic N) is 1. The molecule has 0 fully saturated rings. The zero-order valence-electron chi connectivity index (χ0n) is 47.3.